The first-order valence-corrected chi connectivity index (χ1v) is 5.20. The average Bonchev–Trinajstić information content (AvgIpc) is 2.43. The van der Waals surface area contributed by atoms with Gasteiger partial charge in [-0.05, 0) is 25.5 Å². The Kier molecular flexibility index (Phi) is 2.52. The highest BCUT2D eigenvalue weighted by molar-refractivity contribution is 6.22. The molecule has 0 aromatic heterocycles. The Labute approximate surface area is 94.0 Å². The smallest absolute Gasteiger partial charge is 0.251 e. The summed E-state index contributed by atoms with van der Waals surface area (Å²) in [6.07, 6.45) is 0.103. The van der Waals surface area contributed by atoms with E-state index >= 15 is 0 Å². The predicted octanol–water partition coefficient (Wildman–Crippen LogP) is 0.894. The minimum atomic E-state index is -0.687. The number of anilines is 1. The molecule has 1 aromatic rings. The van der Waals surface area contributed by atoms with E-state index < -0.39 is 6.04 Å². The third-order valence-corrected chi connectivity index (χ3v) is 2.77. The molecule has 1 atom stereocenters. The zero-order valence-electron chi connectivity index (χ0n) is 9.36. The van der Waals surface area contributed by atoms with Crippen molar-refractivity contribution in [1.29, 1.82) is 0 Å². The quantitative estimate of drug-likeness (QED) is 0.712. The van der Waals surface area contributed by atoms with Crippen LogP contribution in [0.5, 0.6) is 0 Å². The van der Waals surface area contributed by atoms with Crippen LogP contribution in [-0.4, -0.2) is 17.9 Å². The summed E-state index contributed by atoms with van der Waals surface area (Å²) >= 11 is 0. The summed E-state index contributed by atoms with van der Waals surface area (Å²) in [4.78, 5) is 24.6. The Morgan fingerprint density at radius 3 is 2.50 bits per heavy atom. The Morgan fingerprint density at radius 1 is 1.31 bits per heavy atom. The van der Waals surface area contributed by atoms with E-state index in [4.69, 9.17) is 5.73 Å². The summed E-state index contributed by atoms with van der Waals surface area (Å²) < 4.78 is 0. The summed E-state index contributed by atoms with van der Waals surface area (Å²) in [5.74, 6) is -0.526. The molecule has 16 heavy (non-hydrogen) atoms. The third kappa shape index (κ3) is 1.61. The fourth-order valence-electron chi connectivity index (χ4n) is 1.96. The second-order valence-electron chi connectivity index (χ2n) is 4.17. The average molecular weight is 218 g/mol. The maximum absolute atomic E-state index is 11.7. The van der Waals surface area contributed by atoms with Gasteiger partial charge in [-0.2, -0.15) is 0 Å². The molecule has 0 radical (unpaired) electrons. The molecule has 1 heterocycles. The molecule has 1 aliphatic rings. The third-order valence-electron chi connectivity index (χ3n) is 2.77. The first-order valence-electron chi connectivity index (χ1n) is 5.20. The van der Waals surface area contributed by atoms with Crippen molar-refractivity contribution in [2.75, 3.05) is 4.90 Å². The number of carbonyl (C=O) groups is 2. The molecule has 2 amide bonds. The molecular formula is C12H14N2O2. The zero-order chi connectivity index (χ0) is 11.9. The lowest BCUT2D eigenvalue weighted by atomic mass is 10.1. The van der Waals surface area contributed by atoms with E-state index in [1.807, 2.05) is 26.0 Å². The molecule has 1 unspecified atom stereocenters. The van der Waals surface area contributed by atoms with Crippen LogP contribution < -0.4 is 10.6 Å². The molecule has 0 aliphatic carbocycles. The van der Waals surface area contributed by atoms with Crippen LogP contribution in [0.3, 0.4) is 0 Å². The topological polar surface area (TPSA) is 63.4 Å². The van der Waals surface area contributed by atoms with E-state index in [0.29, 0.717) is 5.69 Å². The van der Waals surface area contributed by atoms with Gasteiger partial charge in [0.25, 0.3) is 5.91 Å². The van der Waals surface area contributed by atoms with E-state index in [1.54, 1.807) is 6.07 Å². The summed E-state index contributed by atoms with van der Waals surface area (Å²) in [7, 11) is 0. The van der Waals surface area contributed by atoms with Crippen LogP contribution in [0.2, 0.25) is 0 Å². The lowest BCUT2D eigenvalue weighted by Crippen LogP contribution is -2.35. The molecule has 0 spiro atoms. The maximum atomic E-state index is 11.7. The SMILES string of the molecule is Cc1ccc(N2C(=O)CC(N)C2=O)c(C)c1. The first kappa shape index (κ1) is 10.8. The normalized spacial score (nSPS) is 20.7. The van der Waals surface area contributed by atoms with Crippen molar-refractivity contribution in [3.8, 4) is 0 Å². The van der Waals surface area contributed by atoms with Crippen molar-refractivity contribution >= 4 is 17.5 Å². The van der Waals surface area contributed by atoms with Crippen LogP contribution in [0.4, 0.5) is 5.69 Å². The monoisotopic (exact) mass is 218 g/mol. The van der Waals surface area contributed by atoms with E-state index in [1.165, 1.54) is 4.90 Å². The van der Waals surface area contributed by atoms with Crippen molar-refractivity contribution in [3.05, 3.63) is 29.3 Å². The van der Waals surface area contributed by atoms with Gasteiger partial charge in [0.05, 0.1) is 18.2 Å². The zero-order valence-corrected chi connectivity index (χ0v) is 9.36. The van der Waals surface area contributed by atoms with Gasteiger partial charge < -0.3 is 5.73 Å². The molecule has 84 valence electrons. The highest BCUT2D eigenvalue weighted by atomic mass is 16.2. The Bertz CT molecular complexity index is 468. The number of imide groups is 1. The fourth-order valence-corrected chi connectivity index (χ4v) is 1.96. The van der Waals surface area contributed by atoms with Gasteiger partial charge in [-0.25, -0.2) is 4.90 Å². The lowest BCUT2D eigenvalue weighted by Gasteiger charge is -2.17. The maximum Gasteiger partial charge on any atom is 0.251 e. The van der Waals surface area contributed by atoms with Crippen LogP contribution >= 0.6 is 0 Å². The molecule has 4 nitrogen and oxygen atoms in total. The van der Waals surface area contributed by atoms with Crippen LogP contribution in [0, 0.1) is 13.8 Å². The van der Waals surface area contributed by atoms with Gasteiger partial charge in [-0.1, -0.05) is 17.7 Å². The molecule has 1 fully saturated rings. The summed E-state index contributed by atoms with van der Waals surface area (Å²) in [6, 6.07) is 4.93. The standard InChI is InChI=1S/C12H14N2O2/c1-7-3-4-10(8(2)5-7)14-11(15)6-9(13)12(14)16/h3-5,9H,6,13H2,1-2H3. The summed E-state index contributed by atoms with van der Waals surface area (Å²) in [5.41, 5.74) is 8.23. The minimum absolute atomic E-state index is 0.103. The van der Waals surface area contributed by atoms with Crippen LogP contribution in [0.15, 0.2) is 18.2 Å². The van der Waals surface area contributed by atoms with E-state index in [0.717, 1.165) is 11.1 Å². The second-order valence-corrected chi connectivity index (χ2v) is 4.17. The molecule has 1 aromatic carbocycles. The highest BCUT2D eigenvalue weighted by Gasteiger charge is 2.37. The van der Waals surface area contributed by atoms with Gasteiger partial charge >= 0.3 is 0 Å². The minimum Gasteiger partial charge on any atom is -0.319 e. The fraction of sp³-hybridized carbons (Fsp3) is 0.333. The Hall–Kier alpha value is -1.68. The van der Waals surface area contributed by atoms with Gasteiger partial charge in [0, 0.05) is 0 Å². The number of aryl methyl sites for hydroxylation is 2. The van der Waals surface area contributed by atoms with Crippen molar-refractivity contribution in [2.24, 2.45) is 5.73 Å². The number of rotatable bonds is 1. The molecule has 2 N–H and O–H groups in total. The Morgan fingerprint density at radius 2 is 2.00 bits per heavy atom. The predicted molar refractivity (Wildman–Crippen MR) is 61.0 cm³/mol. The number of hydrogen-bond donors (Lipinski definition) is 1. The van der Waals surface area contributed by atoms with Gasteiger partial charge in [0.1, 0.15) is 0 Å². The lowest BCUT2D eigenvalue weighted by molar-refractivity contribution is -0.121. The van der Waals surface area contributed by atoms with E-state index in [9.17, 15) is 9.59 Å². The van der Waals surface area contributed by atoms with Gasteiger partial charge in [-0.3, -0.25) is 9.59 Å². The molecule has 1 saturated heterocycles. The van der Waals surface area contributed by atoms with Crippen LogP contribution in [0.25, 0.3) is 0 Å². The molecule has 1 aliphatic heterocycles. The molecule has 4 heteroatoms. The van der Waals surface area contributed by atoms with Crippen molar-refractivity contribution in [2.45, 2.75) is 26.3 Å². The molecule has 2 rings (SSSR count). The number of nitrogens with two attached hydrogens (primary N) is 1. The van der Waals surface area contributed by atoms with E-state index in [-0.39, 0.29) is 18.2 Å². The first-order chi connectivity index (χ1) is 7.50. The number of carbonyl (C=O) groups excluding carboxylic acids is 2. The number of benzene rings is 1. The van der Waals surface area contributed by atoms with Crippen molar-refractivity contribution in [1.82, 2.24) is 0 Å². The largest absolute Gasteiger partial charge is 0.319 e. The van der Waals surface area contributed by atoms with Crippen LogP contribution in [0.1, 0.15) is 17.5 Å². The van der Waals surface area contributed by atoms with Gasteiger partial charge in [0.15, 0.2) is 0 Å². The Balaban J connectivity index is 2.45. The van der Waals surface area contributed by atoms with Gasteiger partial charge in [0.2, 0.25) is 5.91 Å². The van der Waals surface area contributed by atoms with E-state index in [2.05, 4.69) is 0 Å². The highest BCUT2D eigenvalue weighted by Crippen LogP contribution is 2.26. The molecular weight excluding hydrogens is 204 g/mol. The summed E-state index contributed by atoms with van der Waals surface area (Å²) in [6.45, 7) is 3.85. The molecule has 0 bridgehead atoms. The summed E-state index contributed by atoms with van der Waals surface area (Å²) in [5, 5.41) is 0. The number of hydrogen-bond acceptors (Lipinski definition) is 3. The van der Waals surface area contributed by atoms with Crippen molar-refractivity contribution in [3.63, 3.8) is 0 Å². The number of amides is 2. The van der Waals surface area contributed by atoms with Crippen molar-refractivity contribution < 1.29 is 9.59 Å². The number of nitrogens with zero attached hydrogens (tertiary/aromatic N) is 1. The van der Waals surface area contributed by atoms with Gasteiger partial charge in [-0.15, -0.1) is 0 Å². The molecule has 0 saturated carbocycles. The second kappa shape index (κ2) is 3.72. The van der Waals surface area contributed by atoms with Crippen LogP contribution in [-0.2, 0) is 9.59 Å².